The largest absolute Gasteiger partial charge is 0.277 e. The molecule has 0 N–H and O–H groups in total. The van der Waals surface area contributed by atoms with Gasteiger partial charge < -0.3 is 0 Å². The standard InChI is InChI=1S/C15H14N2O4.2C2H6/c1-15(2,3)17-13(20)9-5-7-8(6-10(9)14(17)21)12(19)16(4)11(7)18;2*1-2/h5-6H,1-4H3;2*1-2H3. The van der Waals surface area contributed by atoms with Gasteiger partial charge in [0, 0.05) is 12.6 Å². The first-order chi connectivity index (χ1) is 11.6. The van der Waals surface area contributed by atoms with Crippen molar-refractivity contribution < 1.29 is 0 Å². The second kappa shape index (κ2) is 7.17. The number of aromatic nitrogens is 2. The Morgan fingerprint density at radius 1 is 0.640 bits per heavy atom. The van der Waals surface area contributed by atoms with Gasteiger partial charge in [-0.3, -0.25) is 28.3 Å². The molecule has 2 aromatic heterocycles. The molecule has 0 aliphatic carbocycles. The summed E-state index contributed by atoms with van der Waals surface area (Å²) in [5.41, 5.74) is -2.43. The zero-order valence-electron chi connectivity index (χ0n) is 16.2. The summed E-state index contributed by atoms with van der Waals surface area (Å²) in [7, 11) is 1.38. The van der Waals surface area contributed by atoms with E-state index < -0.39 is 27.8 Å². The minimum atomic E-state index is -0.664. The van der Waals surface area contributed by atoms with Gasteiger partial charge in [0.1, 0.15) is 0 Å². The van der Waals surface area contributed by atoms with Gasteiger partial charge in [-0.1, -0.05) is 27.7 Å². The molecule has 0 aliphatic heterocycles. The molecule has 1 aromatic carbocycles. The van der Waals surface area contributed by atoms with Crippen molar-refractivity contribution in [3.8, 4) is 0 Å². The normalized spacial score (nSPS) is 11.0. The average molecular weight is 346 g/mol. The molecule has 0 saturated carbocycles. The van der Waals surface area contributed by atoms with Crippen LogP contribution >= 0.6 is 0 Å². The highest BCUT2D eigenvalue weighted by Crippen LogP contribution is 2.17. The Labute approximate surface area is 146 Å². The van der Waals surface area contributed by atoms with Crippen LogP contribution in [0, 0.1) is 0 Å². The van der Waals surface area contributed by atoms with E-state index in [4.69, 9.17) is 0 Å². The van der Waals surface area contributed by atoms with E-state index in [0.29, 0.717) is 0 Å². The molecule has 2 heterocycles. The lowest BCUT2D eigenvalue weighted by atomic mass is 10.1. The Bertz CT molecular complexity index is 1020. The van der Waals surface area contributed by atoms with E-state index in [1.807, 2.05) is 27.7 Å². The molecule has 25 heavy (non-hydrogen) atoms. The Morgan fingerprint density at radius 2 is 0.920 bits per heavy atom. The highest BCUT2D eigenvalue weighted by molar-refractivity contribution is 5.97. The summed E-state index contributed by atoms with van der Waals surface area (Å²) < 4.78 is 2.14. The van der Waals surface area contributed by atoms with Crippen LogP contribution in [0.2, 0.25) is 0 Å². The molecule has 6 heteroatoms. The van der Waals surface area contributed by atoms with Gasteiger partial charge in [0.05, 0.1) is 21.5 Å². The molecule has 6 nitrogen and oxygen atoms in total. The summed E-state index contributed by atoms with van der Waals surface area (Å²) in [4.78, 5) is 48.8. The van der Waals surface area contributed by atoms with Crippen LogP contribution in [0.4, 0.5) is 0 Å². The molecule has 0 saturated heterocycles. The van der Waals surface area contributed by atoms with Gasteiger partial charge in [0.15, 0.2) is 0 Å². The second-order valence-corrected chi connectivity index (χ2v) is 6.23. The average Bonchev–Trinajstić information content (AvgIpc) is 2.96. The Hall–Kier alpha value is -2.50. The fourth-order valence-corrected chi connectivity index (χ4v) is 2.70. The van der Waals surface area contributed by atoms with Crippen LogP contribution in [0.15, 0.2) is 31.3 Å². The van der Waals surface area contributed by atoms with Crippen molar-refractivity contribution >= 4 is 21.5 Å². The van der Waals surface area contributed by atoms with Crippen LogP contribution in [0.25, 0.3) is 21.5 Å². The SMILES string of the molecule is CC.CC.Cn1c(=O)c2cc3c(=O)n(C(C)(C)C)c(=O)c3cc2c1=O. The van der Waals surface area contributed by atoms with Gasteiger partial charge in [-0.15, -0.1) is 0 Å². The van der Waals surface area contributed by atoms with Gasteiger partial charge in [-0.05, 0) is 32.9 Å². The molecule has 3 rings (SSSR count). The van der Waals surface area contributed by atoms with Gasteiger partial charge in [0.25, 0.3) is 22.2 Å². The summed E-state index contributed by atoms with van der Waals surface area (Å²) in [6.07, 6.45) is 0. The molecule has 0 unspecified atom stereocenters. The van der Waals surface area contributed by atoms with Crippen LogP contribution in [0.3, 0.4) is 0 Å². The lowest BCUT2D eigenvalue weighted by molar-refractivity contribution is 0.380. The van der Waals surface area contributed by atoms with Gasteiger partial charge in [0.2, 0.25) is 0 Å². The maximum Gasteiger partial charge on any atom is 0.262 e. The monoisotopic (exact) mass is 346 g/mol. The van der Waals surface area contributed by atoms with Gasteiger partial charge in [-0.2, -0.15) is 0 Å². The molecule has 3 aromatic rings. The molecule has 0 atom stereocenters. The van der Waals surface area contributed by atoms with Gasteiger partial charge in [-0.25, -0.2) is 0 Å². The molecule has 0 amide bonds. The van der Waals surface area contributed by atoms with Crippen molar-refractivity contribution in [1.82, 2.24) is 9.13 Å². The van der Waals surface area contributed by atoms with E-state index in [-0.39, 0.29) is 21.5 Å². The quantitative estimate of drug-likeness (QED) is 0.625. The van der Waals surface area contributed by atoms with Crippen molar-refractivity contribution in [2.45, 2.75) is 54.0 Å². The van der Waals surface area contributed by atoms with Crippen LogP contribution < -0.4 is 22.2 Å². The van der Waals surface area contributed by atoms with E-state index in [0.717, 1.165) is 9.13 Å². The molecule has 0 radical (unpaired) electrons. The number of fused-ring (bicyclic) bond motifs is 2. The maximum absolute atomic E-state index is 12.4. The predicted molar refractivity (Wildman–Crippen MR) is 104 cm³/mol. The minimum Gasteiger partial charge on any atom is -0.277 e. The lowest BCUT2D eigenvalue weighted by Crippen LogP contribution is -2.38. The maximum atomic E-state index is 12.4. The van der Waals surface area contributed by atoms with Crippen molar-refractivity contribution in [2.24, 2.45) is 7.05 Å². The van der Waals surface area contributed by atoms with Crippen molar-refractivity contribution in [3.63, 3.8) is 0 Å². The number of hydrogen-bond donors (Lipinski definition) is 0. The Kier molecular flexibility index (Phi) is 5.89. The minimum absolute atomic E-state index is 0.179. The number of hydrogen-bond acceptors (Lipinski definition) is 4. The molecule has 0 bridgehead atoms. The summed E-state index contributed by atoms with van der Waals surface area (Å²) in [5.74, 6) is 0. The third-order valence-corrected chi connectivity index (χ3v) is 3.77. The zero-order chi connectivity index (χ0) is 19.7. The first-order valence-corrected chi connectivity index (χ1v) is 8.54. The van der Waals surface area contributed by atoms with Crippen LogP contribution in [-0.2, 0) is 12.6 Å². The Balaban J connectivity index is 0.000000730. The molecule has 0 fully saturated rings. The topological polar surface area (TPSA) is 78.1 Å². The third-order valence-electron chi connectivity index (χ3n) is 3.77. The summed E-state index contributed by atoms with van der Waals surface area (Å²) in [6.45, 7) is 13.3. The molecule has 0 spiro atoms. The van der Waals surface area contributed by atoms with Crippen LogP contribution in [-0.4, -0.2) is 9.13 Å². The first-order valence-electron chi connectivity index (χ1n) is 8.54. The van der Waals surface area contributed by atoms with Crippen molar-refractivity contribution in [2.75, 3.05) is 0 Å². The van der Waals surface area contributed by atoms with E-state index in [1.54, 1.807) is 20.8 Å². The first kappa shape index (κ1) is 20.5. The predicted octanol–water partition coefficient (Wildman–Crippen LogP) is 2.26. The number of nitrogens with zero attached hydrogens (tertiary/aromatic N) is 2. The van der Waals surface area contributed by atoms with Crippen molar-refractivity contribution in [3.05, 3.63) is 53.5 Å². The smallest absolute Gasteiger partial charge is 0.262 e. The highest BCUT2D eigenvalue weighted by atomic mass is 16.2. The summed E-state index contributed by atoms with van der Waals surface area (Å²) in [5, 5.41) is 0.728. The molecular weight excluding hydrogens is 320 g/mol. The van der Waals surface area contributed by atoms with E-state index in [9.17, 15) is 19.2 Å². The van der Waals surface area contributed by atoms with E-state index in [1.165, 1.54) is 19.2 Å². The summed E-state index contributed by atoms with van der Waals surface area (Å²) >= 11 is 0. The number of benzene rings is 1. The molecular formula is C19H26N2O4. The van der Waals surface area contributed by atoms with E-state index in [2.05, 4.69) is 0 Å². The number of rotatable bonds is 0. The third kappa shape index (κ3) is 3.08. The summed E-state index contributed by atoms with van der Waals surface area (Å²) in [6, 6.07) is 2.72. The fraction of sp³-hybridized carbons (Fsp3) is 0.474. The molecule has 136 valence electrons. The van der Waals surface area contributed by atoms with Gasteiger partial charge >= 0.3 is 0 Å². The zero-order valence-corrected chi connectivity index (χ0v) is 16.2. The fourth-order valence-electron chi connectivity index (χ4n) is 2.70. The van der Waals surface area contributed by atoms with Crippen LogP contribution in [0.5, 0.6) is 0 Å². The molecule has 0 aliphatic rings. The van der Waals surface area contributed by atoms with E-state index >= 15 is 0 Å². The Morgan fingerprint density at radius 3 is 1.20 bits per heavy atom. The van der Waals surface area contributed by atoms with Crippen molar-refractivity contribution in [1.29, 1.82) is 0 Å². The van der Waals surface area contributed by atoms with Crippen LogP contribution in [0.1, 0.15) is 48.5 Å². The second-order valence-electron chi connectivity index (χ2n) is 6.23. The lowest BCUT2D eigenvalue weighted by Gasteiger charge is -2.18. The highest BCUT2D eigenvalue weighted by Gasteiger charge is 2.24.